The van der Waals surface area contributed by atoms with Crippen LogP contribution in [0, 0.1) is 0 Å². The molecule has 2 unspecified atom stereocenters. The summed E-state index contributed by atoms with van der Waals surface area (Å²) in [5.74, 6) is 2.54. The highest BCUT2D eigenvalue weighted by molar-refractivity contribution is 5.17. The molecule has 1 saturated heterocycles. The Labute approximate surface area is 95.0 Å². The molecule has 0 radical (unpaired) electrons. The molecule has 2 atom stereocenters. The van der Waals surface area contributed by atoms with E-state index in [0.29, 0.717) is 19.1 Å². The van der Waals surface area contributed by atoms with Crippen molar-refractivity contribution in [3.63, 3.8) is 0 Å². The Hall–Kier alpha value is -0.940. The summed E-state index contributed by atoms with van der Waals surface area (Å²) in [6.45, 7) is 3.37. The lowest BCUT2D eigenvalue weighted by atomic mass is 9.85. The van der Waals surface area contributed by atoms with E-state index in [1.807, 2.05) is 11.7 Å². The normalized spacial score (nSPS) is 34.6. The standard InChI is InChI=1S/C11H18N4O/c1-11(6-16-5-8(11)12)10-13-9(7-3-4-7)14-15(10)2/h7-8H,3-6,12H2,1-2H3. The van der Waals surface area contributed by atoms with Gasteiger partial charge in [0, 0.05) is 19.0 Å². The topological polar surface area (TPSA) is 66.0 Å². The zero-order chi connectivity index (χ0) is 11.3. The Morgan fingerprint density at radius 1 is 1.50 bits per heavy atom. The molecule has 5 heteroatoms. The van der Waals surface area contributed by atoms with Crippen molar-refractivity contribution < 1.29 is 4.74 Å². The van der Waals surface area contributed by atoms with Crippen molar-refractivity contribution in [2.75, 3.05) is 13.2 Å². The predicted molar refractivity (Wildman–Crippen MR) is 59.1 cm³/mol. The number of hydrogen-bond donors (Lipinski definition) is 1. The summed E-state index contributed by atoms with van der Waals surface area (Å²) in [7, 11) is 1.95. The number of aryl methyl sites for hydroxylation is 1. The third-order valence-corrected chi connectivity index (χ3v) is 3.75. The van der Waals surface area contributed by atoms with Crippen LogP contribution in [0.1, 0.15) is 37.3 Å². The molecular weight excluding hydrogens is 204 g/mol. The number of rotatable bonds is 2. The molecule has 1 aromatic heterocycles. The largest absolute Gasteiger partial charge is 0.379 e. The van der Waals surface area contributed by atoms with Crippen molar-refractivity contribution in [1.82, 2.24) is 14.8 Å². The van der Waals surface area contributed by atoms with Gasteiger partial charge in [-0.2, -0.15) is 5.10 Å². The fourth-order valence-corrected chi connectivity index (χ4v) is 2.34. The molecule has 2 N–H and O–H groups in total. The van der Waals surface area contributed by atoms with Gasteiger partial charge >= 0.3 is 0 Å². The van der Waals surface area contributed by atoms with Crippen molar-refractivity contribution in [2.45, 2.75) is 37.1 Å². The Balaban J connectivity index is 1.98. The van der Waals surface area contributed by atoms with Gasteiger partial charge in [0.05, 0.1) is 18.6 Å². The van der Waals surface area contributed by atoms with E-state index < -0.39 is 0 Å². The van der Waals surface area contributed by atoms with Crippen LogP contribution in [0.3, 0.4) is 0 Å². The number of hydrogen-bond acceptors (Lipinski definition) is 4. The molecule has 1 aliphatic heterocycles. The van der Waals surface area contributed by atoms with Gasteiger partial charge in [-0.15, -0.1) is 0 Å². The molecule has 1 aliphatic carbocycles. The van der Waals surface area contributed by atoms with E-state index in [-0.39, 0.29) is 11.5 Å². The molecule has 2 fully saturated rings. The first-order valence-electron chi connectivity index (χ1n) is 5.86. The van der Waals surface area contributed by atoms with E-state index in [4.69, 9.17) is 10.5 Å². The van der Waals surface area contributed by atoms with Crippen molar-refractivity contribution in [2.24, 2.45) is 12.8 Å². The van der Waals surface area contributed by atoms with Crippen molar-refractivity contribution in [3.8, 4) is 0 Å². The summed E-state index contributed by atoms with van der Waals surface area (Å²) in [5, 5.41) is 4.49. The highest BCUT2D eigenvalue weighted by atomic mass is 16.5. The second-order valence-electron chi connectivity index (χ2n) is 5.23. The van der Waals surface area contributed by atoms with Gasteiger partial charge in [-0.3, -0.25) is 4.68 Å². The molecule has 0 amide bonds. The fraction of sp³-hybridized carbons (Fsp3) is 0.818. The summed E-state index contributed by atoms with van der Waals surface area (Å²) in [6, 6.07) is 0.0162. The summed E-state index contributed by atoms with van der Waals surface area (Å²) in [5.41, 5.74) is 5.92. The minimum atomic E-state index is -0.186. The highest BCUT2D eigenvalue weighted by Crippen LogP contribution is 2.39. The maximum absolute atomic E-state index is 6.11. The second kappa shape index (κ2) is 3.28. The molecule has 1 aromatic rings. The second-order valence-corrected chi connectivity index (χ2v) is 5.23. The molecule has 88 valence electrons. The summed E-state index contributed by atoms with van der Waals surface area (Å²) in [4.78, 5) is 4.67. The van der Waals surface area contributed by atoms with Crippen molar-refractivity contribution in [3.05, 3.63) is 11.6 Å². The molecule has 0 bridgehead atoms. The molecular formula is C11H18N4O. The zero-order valence-corrected chi connectivity index (χ0v) is 9.81. The number of ether oxygens (including phenoxy) is 1. The van der Waals surface area contributed by atoms with Crippen LogP contribution < -0.4 is 5.73 Å². The van der Waals surface area contributed by atoms with Gasteiger partial charge in [-0.05, 0) is 19.8 Å². The van der Waals surface area contributed by atoms with Crippen molar-refractivity contribution in [1.29, 1.82) is 0 Å². The van der Waals surface area contributed by atoms with Gasteiger partial charge in [0.15, 0.2) is 5.82 Å². The lowest BCUT2D eigenvalue weighted by molar-refractivity contribution is 0.177. The third-order valence-electron chi connectivity index (χ3n) is 3.75. The van der Waals surface area contributed by atoms with E-state index in [1.165, 1.54) is 12.8 Å². The van der Waals surface area contributed by atoms with Gasteiger partial charge in [-0.1, -0.05) is 0 Å². The van der Waals surface area contributed by atoms with Crippen LogP contribution in [0.4, 0.5) is 0 Å². The van der Waals surface area contributed by atoms with E-state index in [2.05, 4.69) is 17.0 Å². The quantitative estimate of drug-likeness (QED) is 0.782. The first-order chi connectivity index (χ1) is 7.61. The molecule has 1 saturated carbocycles. The van der Waals surface area contributed by atoms with E-state index in [1.54, 1.807) is 0 Å². The van der Waals surface area contributed by atoms with Gasteiger partial charge < -0.3 is 10.5 Å². The maximum atomic E-state index is 6.11. The molecule has 5 nitrogen and oxygen atoms in total. The zero-order valence-electron chi connectivity index (χ0n) is 9.81. The molecule has 3 rings (SSSR count). The number of nitrogens with zero attached hydrogens (tertiary/aromatic N) is 3. The Kier molecular flexibility index (Phi) is 2.09. The van der Waals surface area contributed by atoms with Crippen LogP contribution in [0.2, 0.25) is 0 Å². The Morgan fingerprint density at radius 3 is 2.81 bits per heavy atom. The molecule has 2 aliphatic rings. The van der Waals surface area contributed by atoms with Crippen LogP contribution in [-0.4, -0.2) is 34.0 Å². The monoisotopic (exact) mass is 222 g/mol. The minimum absolute atomic E-state index is 0.0162. The van der Waals surface area contributed by atoms with Gasteiger partial charge in [-0.25, -0.2) is 4.98 Å². The van der Waals surface area contributed by atoms with Crippen LogP contribution in [0.25, 0.3) is 0 Å². The first-order valence-corrected chi connectivity index (χ1v) is 5.86. The number of nitrogens with two attached hydrogens (primary N) is 1. The van der Waals surface area contributed by atoms with Gasteiger partial charge in [0.1, 0.15) is 5.82 Å². The summed E-state index contributed by atoms with van der Waals surface area (Å²) >= 11 is 0. The predicted octanol–water partition coefficient (Wildman–Crippen LogP) is 0.308. The molecule has 16 heavy (non-hydrogen) atoms. The fourth-order valence-electron chi connectivity index (χ4n) is 2.34. The van der Waals surface area contributed by atoms with E-state index in [0.717, 1.165) is 11.6 Å². The van der Waals surface area contributed by atoms with Gasteiger partial charge in [0.2, 0.25) is 0 Å². The van der Waals surface area contributed by atoms with Crippen LogP contribution in [0.5, 0.6) is 0 Å². The third kappa shape index (κ3) is 1.38. The van der Waals surface area contributed by atoms with Crippen LogP contribution >= 0.6 is 0 Å². The lowest BCUT2D eigenvalue weighted by Gasteiger charge is -2.25. The maximum Gasteiger partial charge on any atom is 0.154 e. The summed E-state index contributed by atoms with van der Waals surface area (Å²) in [6.07, 6.45) is 2.45. The average Bonchev–Trinajstić information content (AvgIpc) is 2.94. The Bertz CT molecular complexity index is 412. The van der Waals surface area contributed by atoms with Gasteiger partial charge in [0.25, 0.3) is 0 Å². The Morgan fingerprint density at radius 2 is 2.25 bits per heavy atom. The summed E-state index contributed by atoms with van der Waals surface area (Å²) < 4.78 is 7.34. The lowest BCUT2D eigenvalue weighted by Crippen LogP contribution is -2.43. The molecule has 0 spiro atoms. The first kappa shape index (κ1) is 10.2. The SMILES string of the molecule is Cn1nc(C2CC2)nc1C1(C)COCC1N. The van der Waals surface area contributed by atoms with Crippen LogP contribution in [0.15, 0.2) is 0 Å². The highest BCUT2D eigenvalue weighted by Gasteiger charge is 2.44. The molecule has 2 heterocycles. The molecule has 0 aromatic carbocycles. The number of aromatic nitrogens is 3. The van der Waals surface area contributed by atoms with Crippen molar-refractivity contribution >= 4 is 0 Å². The average molecular weight is 222 g/mol. The van der Waals surface area contributed by atoms with Crippen LogP contribution in [-0.2, 0) is 17.2 Å². The van der Waals surface area contributed by atoms with E-state index >= 15 is 0 Å². The minimum Gasteiger partial charge on any atom is -0.379 e. The van der Waals surface area contributed by atoms with E-state index in [9.17, 15) is 0 Å². The smallest absolute Gasteiger partial charge is 0.154 e.